The molecule has 0 aliphatic carbocycles. The summed E-state index contributed by atoms with van der Waals surface area (Å²) in [5.74, 6) is 0.307. The summed E-state index contributed by atoms with van der Waals surface area (Å²) in [5.41, 5.74) is 8.75. The van der Waals surface area contributed by atoms with Crippen LogP contribution < -0.4 is 10.9 Å². The zero-order valence-corrected chi connectivity index (χ0v) is 12.7. The molecule has 5 heteroatoms. The van der Waals surface area contributed by atoms with Crippen LogP contribution in [0.15, 0.2) is 67.0 Å². The van der Waals surface area contributed by atoms with Crippen LogP contribution in [-0.4, -0.2) is 15.9 Å². The largest absolute Gasteiger partial charge is 0.298 e. The van der Waals surface area contributed by atoms with Crippen molar-refractivity contribution in [3.8, 4) is 11.4 Å². The Morgan fingerprint density at radius 2 is 1.57 bits per heavy atom. The van der Waals surface area contributed by atoms with Gasteiger partial charge in [0, 0.05) is 18.0 Å². The predicted molar refractivity (Wildman–Crippen MR) is 89.7 cm³/mol. The number of para-hydroxylation sites is 1. The molecule has 23 heavy (non-hydrogen) atoms. The first-order valence-electron chi connectivity index (χ1n) is 7.23. The fourth-order valence-corrected chi connectivity index (χ4v) is 2.09. The Kier molecular flexibility index (Phi) is 4.29. The van der Waals surface area contributed by atoms with Crippen LogP contribution in [0.25, 0.3) is 11.4 Å². The standard InChI is InChI=1S/C18H16N4O/c1-13-7-5-6-10-16(13)21-22-18(23)15-11-19-17(20-12-15)14-8-3-2-4-9-14/h2-12,21H,1H3,(H,22,23). The third-order valence-corrected chi connectivity index (χ3v) is 3.40. The zero-order valence-electron chi connectivity index (χ0n) is 12.7. The summed E-state index contributed by atoms with van der Waals surface area (Å²) in [6, 6.07) is 17.3. The molecule has 3 aromatic rings. The molecule has 2 aromatic carbocycles. The molecule has 114 valence electrons. The smallest absolute Gasteiger partial charge is 0.272 e. The first kappa shape index (κ1) is 14.7. The van der Waals surface area contributed by atoms with E-state index in [9.17, 15) is 4.79 Å². The SMILES string of the molecule is Cc1ccccc1NNC(=O)c1cnc(-c2ccccc2)nc1. The molecule has 0 aliphatic heterocycles. The summed E-state index contributed by atoms with van der Waals surface area (Å²) >= 11 is 0. The zero-order chi connectivity index (χ0) is 16.1. The molecule has 0 saturated carbocycles. The summed E-state index contributed by atoms with van der Waals surface area (Å²) in [7, 11) is 0. The highest BCUT2D eigenvalue weighted by Crippen LogP contribution is 2.14. The number of hydrogen-bond acceptors (Lipinski definition) is 4. The number of anilines is 1. The van der Waals surface area contributed by atoms with Gasteiger partial charge in [-0.2, -0.15) is 0 Å². The minimum absolute atomic E-state index is 0.284. The maximum atomic E-state index is 12.1. The van der Waals surface area contributed by atoms with Crippen LogP contribution >= 0.6 is 0 Å². The van der Waals surface area contributed by atoms with Crippen molar-refractivity contribution in [1.29, 1.82) is 0 Å². The normalized spacial score (nSPS) is 10.1. The topological polar surface area (TPSA) is 66.9 Å². The van der Waals surface area contributed by atoms with Gasteiger partial charge in [-0.3, -0.25) is 15.6 Å². The summed E-state index contributed by atoms with van der Waals surface area (Å²) in [4.78, 5) is 20.6. The molecule has 1 amide bonds. The number of amides is 1. The first-order valence-corrected chi connectivity index (χ1v) is 7.23. The van der Waals surface area contributed by atoms with Gasteiger partial charge in [-0.25, -0.2) is 9.97 Å². The monoisotopic (exact) mass is 304 g/mol. The van der Waals surface area contributed by atoms with Gasteiger partial charge in [-0.05, 0) is 18.6 Å². The quantitative estimate of drug-likeness (QED) is 0.726. The molecule has 5 nitrogen and oxygen atoms in total. The molecular weight excluding hydrogens is 288 g/mol. The molecule has 0 spiro atoms. The molecule has 0 atom stereocenters. The Bertz CT molecular complexity index is 801. The van der Waals surface area contributed by atoms with Crippen molar-refractivity contribution in [3.63, 3.8) is 0 Å². The van der Waals surface area contributed by atoms with Crippen molar-refractivity contribution >= 4 is 11.6 Å². The molecule has 1 aromatic heterocycles. The van der Waals surface area contributed by atoms with Crippen LogP contribution in [0.1, 0.15) is 15.9 Å². The van der Waals surface area contributed by atoms with E-state index < -0.39 is 0 Å². The van der Waals surface area contributed by atoms with Gasteiger partial charge in [0.05, 0.1) is 11.3 Å². The van der Waals surface area contributed by atoms with E-state index >= 15 is 0 Å². The number of hydrazine groups is 1. The maximum Gasteiger partial charge on any atom is 0.272 e. The fraction of sp³-hybridized carbons (Fsp3) is 0.0556. The van der Waals surface area contributed by atoms with Crippen molar-refractivity contribution in [1.82, 2.24) is 15.4 Å². The fourth-order valence-electron chi connectivity index (χ4n) is 2.09. The van der Waals surface area contributed by atoms with E-state index in [4.69, 9.17) is 0 Å². The van der Waals surface area contributed by atoms with Crippen LogP contribution in [0.4, 0.5) is 5.69 Å². The lowest BCUT2D eigenvalue weighted by Crippen LogP contribution is -2.29. The van der Waals surface area contributed by atoms with Crippen LogP contribution in [0.2, 0.25) is 0 Å². The minimum atomic E-state index is -0.284. The Morgan fingerprint density at radius 1 is 0.913 bits per heavy atom. The van der Waals surface area contributed by atoms with Crippen LogP contribution in [0.5, 0.6) is 0 Å². The van der Waals surface area contributed by atoms with E-state index in [0.29, 0.717) is 11.4 Å². The van der Waals surface area contributed by atoms with E-state index in [0.717, 1.165) is 16.8 Å². The number of carbonyl (C=O) groups excluding carboxylic acids is 1. The third-order valence-electron chi connectivity index (χ3n) is 3.40. The maximum absolute atomic E-state index is 12.1. The van der Waals surface area contributed by atoms with E-state index in [2.05, 4.69) is 20.8 Å². The highest BCUT2D eigenvalue weighted by molar-refractivity contribution is 5.94. The van der Waals surface area contributed by atoms with Crippen LogP contribution in [-0.2, 0) is 0 Å². The lowest BCUT2D eigenvalue weighted by Gasteiger charge is -2.10. The second kappa shape index (κ2) is 6.70. The second-order valence-corrected chi connectivity index (χ2v) is 5.06. The van der Waals surface area contributed by atoms with Gasteiger partial charge in [-0.15, -0.1) is 0 Å². The Hall–Kier alpha value is -3.21. The minimum Gasteiger partial charge on any atom is -0.298 e. The van der Waals surface area contributed by atoms with Crippen molar-refractivity contribution in [3.05, 3.63) is 78.1 Å². The molecule has 1 heterocycles. The van der Waals surface area contributed by atoms with E-state index in [-0.39, 0.29) is 5.91 Å². The Labute approximate surface area is 134 Å². The lowest BCUT2D eigenvalue weighted by molar-refractivity contribution is 0.0962. The van der Waals surface area contributed by atoms with Gasteiger partial charge in [0.15, 0.2) is 5.82 Å². The van der Waals surface area contributed by atoms with Crippen molar-refractivity contribution in [2.75, 3.05) is 5.43 Å². The molecule has 0 fully saturated rings. The Morgan fingerprint density at radius 3 is 2.26 bits per heavy atom. The number of nitrogens with zero attached hydrogens (tertiary/aromatic N) is 2. The number of hydrogen-bond donors (Lipinski definition) is 2. The molecule has 0 bridgehead atoms. The van der Waals surface area contributed by atoms with Gasteiger partial charge >= 0.3 is 0 Å². The number of nitrogens with one attached hydrogen (secondary N) is 2. The summed E-state index contributed by atoms with van der Waals surface area (Å²) in [6.45, 7) is 1.96. The van der Waals surface area contributed by atoms with Gasteiger partial charge < -0.3 is 0 Å². The van der Waals surface area contributed by atoms with Crippen molar-refractivity contribution < 1.29 is 4.79 Å². The second-order valence-electron chi connectivity index (χ2n) is 5.06. The van der Waals surface area contributed by atoms with Crippen LogP contribution in [0, 0.1) is 6.92 Å². The number of aryl methyl sites for hydroxylation is 1. The Balaban J connectivity index is 1.67. The van der Waals surface area contributed by atoms with Gasteiger partial charge in [0.2, 0.25) is 0 Å². The van der Waals surface area contributed by atoms with E-state index in [1.807, 2.05) is 61.5 Å². The molecule has 2 N–H and O–H groups in total. The van der Waals surface area contributed by atoms with Crippen molar-refractivity contribution in [2.45, 2.75) is 6.92 Å². The van der Waals surface area contributed by atoms with Gasteiger partial charge in [0.1, 0.15) is 0 Å². The molecule has 0 saturated heterocycles. The number of benzene rings is 2. The summed E-state index contributed by atoms with van der Waals surface area (Å²) in [6.07, 6.45) is 3.04. The highest BCUT2D eigenvalue weighted by Gasteiger charge is 2.08. The predicted octanol–water partition coefficient (Wildman–Crippen LogP) is 3.21. The lowest BCUT2D eigenvalue weighted by atomic mass is 10.2. The molecule has 3 rings (SSSR count). The number of aromatic nitrogens is 2. The summed E-state index contributed by atoms with van der Waals surface area (Å²) in [5, 5.41) is 0. The number of rotatable bonds is 4. The van der Waals surface area contributed by atoms with E-state index in [1.165, 1.54) is 12.4 Å². The third kappa shape index (κ3) is 3.52. The van der Waals surface area contributed by atoms with Gasteiger partial charge in [-0.1, -0.05) is 48.5 Å². The molecular formula is C18H16N4O. The molecule has 0 aliphatic rings. The molecule has 0 unspecified atom stereocenters. The van der Waals surface area contributed by atoms with Crippen LogP contribution in [0.3, 0.4) is 0 Å². The first-order chi connectivity index (χ1) is 11.2. The van der Waals surface area contributed by atoms with Crippen molar-refractivity contribution in [2.24, 2.45) is 0 Å². The average Bonchev–Trinajstić information content (AvgIpc) is 2.62. The summed E-state index contributed by atoms with van der Waals surface area (Å²) < 4.78 is 0. The molecule has 0 radical (unpaired) electrons. The van der Waals surface area contributed by atoms with Gasteiger partial charge in [0.25, 0.3) is 5.91 Å². The average molecular weight is 304 g/mol. The highest BCUT2D eigenvalue weighted by atomic mass is 16.2. The number of carbonyl (C=O) groups is 1. The van der Waals surface area contributed by atoms with E-state index in [1.54, 1.807) is 0 Å².